The summed E-state index contributed by atoms with van der Waals surface area (Å²) in [5.74, 6) is 0.328. The normalized spacial score (nSPS) is 20.8. The molecule has 6 heteroatoms. The first-order chi connectivity index (χ1) is 10.1. The van der Waals surface area contributed by atoms with Crippen LogP contribution in [0.3, 0.4) is 0 Å². The molecule has 112 valence electrons. The van der Waals surface area contributed by atoms with Crippen molar-refractivity contribution >= 4 is 29.1 Å². The zero-order valence-corrected chi connectivity index (χ0v) is 12.6. The second kappa shape index (κ2) is 5.22. The van der Waals surface area contributed by atoms with Crippen LogP contribution in [0, 0.1) is 0 Å². The smallest absolute Gasteiger partial charge is 0.253 e. The largest absolute Gasteiger partial charge is 0.495 e. The number of halogens is 1. The van der Waals surface area contributed by atoms with Crippen LogP contribution in [-0.4, -0.2) is 31.0 Å². The highest BCUT2D eigenvalue weighted by molar-refractivity contribution is 6.31. The van der Waals surface area contributed by atoms with Crippen LogP contribution in [-0.2, 0) is 9.59 Å². The van der Waals surface area contributed by atoms with E-state index in [9.17, 15) is 9.59 Å². The lowest BCUT2D eigenvalue weighted by Crippen LogP contribution is -2.65. The van der Waals surface area contributed by atoms with Crippen molar-refractivity contribution < 1.29 is 14.3 Å². The van der Waals surface area contributed by atoms with Gasteiger partial charge in [-0.15, -0.1) is 0 Å². The predicted octanol–water partition coefficient (Wildman–Crippen LogP) is 2.12. The Morgan fingerprint density at radius 1 is 1.29 bits per heavy atom. The third kappa shape index (κ3) is 2.35. The minimum Gasteiger partial charge on any atom is -0.495 e. The molecule has 3 rings (SSSR count). The van der Waals surface area contributed by atoms with Crippen LogP contribution in [0.25, 0.3) is 0 Å². The van der Waals surface area contributed by atoms with E-state index in [-0.39, 0.29) is 18.4 Å². The Bertz CT molecular complexity index is 597. The average molecular weight is 309 g/mol. The van der Waals surface area contributed by atoms with Crippen molar-refractivity contribution in [2.75, 3.05) is 18.6 Å². The number of rotatable bonds is 2. The van der Waals surface area contributed by atoms with Crippen molar-refractivity contribution in [1.29, 1.82) is 0 Å². The zero-order chi connectivity index (χ0) is 15.0. The summed E-state index contributed by atoms with van der Waals surface area (Å²) < 4.78 is 5.30. The fraction of sp³-hybridized carbons (Fsp3) is 0.467. The van der Waals surface area contributed by atoms with Crippen LogP contribution in [0.5, 0.6) is 5.75 Å². The summed E-state index contributed by atoms with van der Waals surface area (Å²) in [7, 11) is 1.53. The highest BCUT2D eigenvalue weighted by Crippen LogP contribution is 2.38. The number of methoxy groups -OCH3 is 1. The van der Waals surface area contributed by atoms with Crippen LogP contribution in [0.4, 0.5) is 5.69 Å². The minimum absolute atomic E-state index is 0.00269. The van der Waals surface area contributed by atoms with Gasteiger partial charge in [0.1, 0.15) is 17.8 Å². The van der Waals surface area contributed by atoms with Gasteiger partial charge in [0.25, 0.3) is 5.91 Å². The first-order valence-corrected chi connectivity index (χ1v) is 7.40. The number of carbonyl (C=O) groups excluding carboxylic acids is 2. The Kier molecular flexibility index (Phi) is 3.53. The van der Waals surface area contributed by atoms with Crippen LogP contribution in [0.15, 0.2) is 18.2 Å². The highest BCUT2D eigenvalue weighted by atomic mass is 35.5. The van der Waals surface area contributed by atoms with E-state index in [1.54, 1.807) is 18.2 Å². The summed E-state index contributed by atoms with van der Waals surface area (Å²) in [6, 6.07) is 5.07. The molecule has 1 aliphatic heterocycles. The van der Waals surface area contributed by atoms with Gasteiger partial charge in [-0.25, -0.2) is 0 Å². The second-order valence-electron chi connectivity index (χ2n) is 5.54. The number of carbonyl (C=O) groups is 2. The third-order valence-electron chi connectivity index (χ3n) is 4.22. The Labute approximate surface area is 128 Å². The molecule has 0 atom stereocenters. The number of benzene rings is 1. The maximum Gasteiger partial charge on any atom is 0.253 e. The molecule has 1 heterocycles. The van der Waals surface area contributed by atoms with Crippen molar-refractivity contribution in [2.45, 2.75) is 31.2 Å². The van der Waals surface area contributed by atoms with Crippen molar-refractivity contribution in [2.24, 2.45) is 0 Å². The molecular weight excluding hydrogens is 292 g/mol. The van der Waals surface area contributed by atoms with E-state index in [0.717, 1.165) is 12.8 Å². The van der Waals surface area contributed by atoms with E-state index in [1.807, 2.05) is 0 Å². The number of hydrogen-bond donors (Lipinski definition) is 1. The van der Waals surface area contributed by atoms with Gasteiger partial charge < -0.3 is 10.1 Å². The van der Waals surface area contributed by atoms with Crippen molar-refractivity contribution in [1.82, 2.24) is 5.32 Å². The third-order valence-corrected chi connectivity index (χ3v) is 4.46. The number of anilines is 1. The van der Waals surface area contributed by atoms with Crippen LogP contribution in [0.1, 0.15) is 25.7 Å². The quantitative estimate of drug-likeness (QED) is 0.910. The SMILES string of the molecule is COc1ccc(Cl)cc1N1CC(=O)NC2(CCCC2)C1=O. The Morgan fingerprint density at radius 2 is 2.00 bits per heavy atom. The molecule has 5 nitrogen and oxygen atoms in total. The standard InChI is InChI=1S/C15H17ClN2O3/c1-21-12-5-4-10(16)8-11(12)18-9-13(19)17-15(14(18)20)6-2-3-7-15/h4-5,8H,2-3,6-7,9H2,1H3,(H,17,19). The highest BCUT2D eigenvalue weighted by Gasteiger charge is 2.49. The Hall–Kier alpha value is -1.75. The molecule has 2 aliphatic rings. The molecular formula is C15H17ClN2O3. The number of ether oxygens (including phenoxy) is 1. The molecule has 2 fully saturated rings. The van der Waals surface area contributed by atoms with E-state index >= 15 is 0 Å². The van der Waals surface area contributed by atoms with E-state index in [1.165, 1.54) is 12.0 Å². The van der Waals surface area contributed by atoms with Gasteiger partial charge in [-0.3, -0.25) is 14.5 Å². The molecule has 2 amide bonds. The molecule has 0 radical (unpaired) electrons. The zero-order valence-electron chi connectivity index (χ0n) is 11.8. The van der Waals surface area contributed by atoms with Crippen LogP contribution >= 0.6 is 11.6 Å². The van der Waals surface area contributed by atoms with Gasteiger partial charge in [0.15, 0.2) is 0 Å². The van der Waals surface area contributed by atoms with E-state index in [0.29, 0.717) is 29.3 Å². The van der Waals surface area contributed by atoms with Gasteiger partial charge in [0.05, 0.1) is 12.8 Å². The van der Waals surface area contributed by atoms with Gasteiger partial charge in [-0.05, 0) is 31.0 Å². The van der Waals surface area contributed by atoms with Gasteiger partial charge in [0.2, 0.25) is 5.91 Å². The Balaban J connectivity index is 2.03. The summed E-state index contributed by atoms with van der Waals surface area (Å²) in [6.07, 6.45) is 3.28. The van der Waals surface area contributed by atoms with E-state index in [4.69, 9.17) is 16.3 Å². The van der Waals surface area contributed by atoms with Gasteiger partial charge in [0, 0.05) is 5.02 Å². The fourth-order valence-corrected chi connectivity index (χ4v) is 3.39. The number of hydrogen-bond acceptors (Lipinski definition) is 3. The summed E-state index contributed by atoms with van der Waals surface area (Å²) in [6.45, 7) is -0.00269. The molecule has 0 unspecified atom stereocenters. The molecule has 1 N–H and O–H groups in total. The molecule has 1 saturated carbocycles. The Morgan fingerprint density at radius 3 is 2.67 bits per heavy atom. The summed E-state index contributed by atoms with van der Waals surface area (Å²) in [4.78, 5) is 26.4. The summed E-state index contributed by atoms with van der Waals surface area (Å²) in [5.41, 5.74) is -0.195. The molecule has 21 heavy (non-hydrogen) atoms. The second-order valence-corrected chi connectivity index (χ2v) is 5.98. The van der Waals surface area contributed by atoms with Gasteiger partial charge in [-0.1, -0.05) is 24.4 Å². The predicted molar refractivity (Wildman–Crippen MR) is 79.7 cm³/mol. The molecule has 0 bridgehead atoms. The number of nitrogens with one attached hydrogen (secondary N) is 1. The molecule has 1 aliphatic carbocycles. The van der Waals surface area contributed by atoms with Crippen LogP contribution in [0.2, 0.25) is 5.02 Å². The topological polar surface area (TPSA) is 58.6 Å². The number of nitrogens with zero attached hydrogens (tertiary/aromatic N) is 1. The average Bonchev–Trinajstić information content (AvgIpc) is 2.92. The molecule has 0 aromatic heterocycles. The maximum atomic E-state index is 12.9. The minimum atomic E-state index is -0.747. The van der Waals surface area contributed by atoms with Crippen molar-refractivity contribution in [3.8, 4) is 5.75 Å². The fourth-order valence-electron chi connectivity index (χ4n) is 3.22. The molecule has 1 saturated heterocycles. The van der Waals surface area contributed by atoms with Crippen molar-refractivity contribution in [3.05, 3.63) is 23.2 Å². The number of piperazine rings is 1. The van der Waals surface area contributed by atoms with Gasteiger partial charge >= 0.3 is 0 Å². The van der Waals surface area contributed by atoms with E-state index in [2.05, 4.69) is 5.32 Å². The monoisotopic (exact) mass is 308 g/mol. The first-order valence-electron chi connectivity index (χ1n) is 7.02. The summed E-state index contributed by atoms with van der Waals surface area (Å²) in [5, 5.41) is 3.39. The molecule has 1 spiro atoms. The van der Waals surface area contributed by atoms with Crippen LogP contribution < -0.4 is 15.0 Å². The van der Waals surface area contributed by atoms with Gasteiger partial charge in [-0.2, -0.15) is 0 Å². The number of amides is 2. The lowest BCUT2D eigenvalue weighted by molar-refractivity contribution is -0.135. The lowest BCUT2D eigenvalue weighted by Gasteiger charge is -2.40. The van der Waals surface area contributed by atoms with Crippen molar-refractivity contribution in [3.63, 3.8) is 0 Å². The molecule has 1 aromatic carbocycles. The van der Waals surface area contributed by atoms with E-state index < -0.39 is 5.54 Å². The molecule has 1 aromatic rings. The maximum absolute atomic E-state index is 12.9. The first kappa shape index (κ1) is 14.2. The summed E-state index contributed by atoms with van der Waals surface area (Å²) >= 11 is 6.03. The lowest BCUT2D eigenvalue weighted by atomic mass is 9.92.